The maximum absolute atomic E-state index is 10.2. The molecule has 1 heterocycles. The first-order valence-electron chi connectivity index (χ1n) is 5.99. The summed E-state index contributed by atoms with van der Waals surface area (Å²) in [4.78, 5) is 0. The van der Waals surface area contributed by atoms with E-state index in [2.05, 4.69) is 15.8 Å². The fourth-order valence-corrected chi connectivity index (χ4v) is 2.52. The molecule has 0 unspecified atom stereocenters. The van der Waals surface area contributed by atoms with Gasteiger partial charge in [0.1, 0.15) is 5.00 Å². The van der Waals surface area contributed by atoms with Crippen LogP contribution >= 0.6 is 11.5 Å². The van der Waals surface area contributed by atoms with Crippen molar-refractivity contribution in [2.75, 3.05) is 11.9 Å². The summed E-state index contributed by atoms with van der Waals surface area (Å²) in [5, 5.41) is 15.7. The first kappa shape index (κ1) is 12.3. The number of aliphatic hydroxyl groups is 1. The van der Waals surface area contributed by atoms with Crippen molar-refractivity contribution in [1.29, 1.82) is 0 Å². The van der Waals surface area contributed by atoms with Gasteiger partial charge in [0.05, 0.1) is 11.1 Å². The van der Waals surface area contributed by atoms with Gasteiger partial charge >= 0.3 is 0 Å². The molecule has 0 saturated heterocycles. The van der Waals surface area contributed by atoms with Crippen LogP contribution in [0.4, 0.5) is 5.00 Å². The number of anilines is 1. The monoisotopic (exact) mass is 250 g/mol. The molecule has 3 nitrogen and oxygen atoms in total. The van der Waals surface area contributed by atoms with Gasteiger partial charge in [-0.2, -0.15) is 4.37 Å². The van der Waals surface area contributed by atoms with E-state index in [4.69, 9.17) is 0 Å². The molecule has 2 rings (SSSR count). The van der Waals surface area contributed by atoms with Crippen LogP contribution in [0.15, 0.2) is 24.3 Å². The molecule has 17 heavy (non-hydrogen) atoms. The van der Waals surface area contributed by atoms with Crippen LogP contribution in [0.3, 0.4) is 0 Å². The van der Waals surface area contributed by atoms with E-state index in [1.54, 1.807) is 0 Å². The van der Waals surface area contributed by atoms with Crippen molar-refractivity contribution in [2.24, 2.45) is 0 Å². The molecule has 4 heteroatoms. The number of aromatic nitrogens is 1. The maximum Gasteiger partial charge on any atom is 0.117 e. The first-order valence-corrected chi connectivity index (χ1v) is 6.76. The van der Waals surface area contributed by atoms with Crippen LogP contribution in [0.1, 0.15) is 26.7 Å². The second-order valence-corrected chi connectivity index (χ2v) is 5.09. The minimum absolute atomic E-state index is 0.576. The summed E-state index contributed by atoms with van der Waals surface area (Å²) in [6, 6.07) is 8.05. The quantitative estimate of drug-likeness (QED) is 0.856. The molecular weight excluding hydrogens is 232 g/mol. The highest BCUT2D eigenvalue weighted by Gasteiger charge is 2.22. The van der Waals surface area contributed by atoms with Crippen LogP contribution in [0.5, 0.6) is 0 Å². The topological polar surface area (TPSA) is 45.1 Å². The summed E-state index contributed by atoms with van der Waals surface area (Å²) >= 11 is 1.45. The van der Waals surface area contributed by atoms with Crippen LogP contribution in [0.25, 0.3) is 10.9 Å². The van der Waals surface area contributed by atoms with Crippen LogP contribution in [-0.2, 0) is 0 Å². The lowest BCUT2D eigenvalue weighted by Crippen LogP contribution is -2.35. The minimum atomic E-state index is -0.620. The highest BCUT2D eigenvalue weighted by atomic mass is 32.1. The molecule has 1 aromatic heterocycles. The SMILES string of the molecule is CCC(O)(CC)CNc1snc2ccccc12. The lowest BCUT2D eigenvalue weighted by atomic mass is 9.98. The average Bonchev–Trinajstić information content (AvgIpc) is 2.79. The third-order valence-corrected chi connectivity index (χ3v) is 4.11. The van der Waals surface area contributed by atoms with E-state index in [0.717, 1.165) is 28.7 Å². The summed E-state index contributed by atoms with van der Waals surface area (Å²) < 4.78 is 4.37. The molecule has 0 aliphatic rings. The van der Waals surface area contributed by atoms with Crippen molar-refractivity contribution in [3.05, 3.63) is 24.3 Å². The Hall–Kier alpha value is -1.13. The molecule has 0 fully saturated rings. The van der Waals surface area contributed by atoms with E-state index in [-0.39, 0.29) is 0 Å². The smallest absolute Gasteiger partial charge is 0.117 e. The third-order valence-electron chi connectivity index (χ3n) is 3.28. The summed E-state index contributed by atoms with van der Waals surface area (Å²) in [6.07, 6.45) is 1.51. The van der Waals surface area contributed by atoms with Crippen molar-refractivity contribution in [3.63, 3.8) is 0 Å². The van der Waals surface area contributed by atoms with E-state index in [1.807, 2.05) is 32.0 Å². The molecule has 0 spiro atoms. The second kappa shape index (κ2) is 5.02. The number of benzene rings is 1. The van der Waals surface area contributed by atoms with E-state index in [1.165, 1.54) is 11.5 Å². The standard InChI is InChI=1S/C13H18N2OS/c1-3-13(16,4-2)9-14-12-10-7-5-6-8-11(10)15-17-12/h5-8,14,16H,3-4,9H2,1-2H3. The third kappa shape index (κ3) is 2.58. The lowest BCUT2D eigenvalue weighted by molar-refractivity contribution is 0.0458. The zero-order valence-electron chi connectivity index (χ0n) is 10.2. The van der Waals surface area contributed by atoms with E-state index in [0.29, 0.717) is 6.54 Å². The van der Waals surface area contributed by atoms with Gasteiger partial charge in [-0.3, -0.25) is 0 Å². The zero-order valence-corrected chi connectivity index (χ0v) is 11.0. The molecule has 0 aliphatic carbocycles. The Kier molecular flexibility index (Phi) is 3.64. The largest absolute Gasteiger partial charge is 0.388 e. The van der Waals surface area contributed by atoms with E-state index < -0.39 is 5.60 Å². The van der Waals surface area contributed by atoms with Gasteiger partial charge in [0.2, 0.25) is 0 Å². The Balaban J connectivity index is 2.14. The Morgan fingerprint density at radius 3 is 2.71 bits per heavy atom. The van der Waals surface area contributed by atoms with Gasteiger partial charge in [0.25, 0.3) is 0 Å². The van der Waals surface area contributed by atoms with Gasteiger partial charge in [-0.15, -0.1) is 0 Å². The zero-order chi connectivity index (χ0) is 12.3. The highest BCUT2D eigenvalue weighted by molar-refractivity contribution is 7.11. The fraction of sp³-hybridized carbons (Fsp3) is 0.462. The number of hydrogen-bond donors (Lipinski definition) is 2. The molecule has 0 saturated carbocycles. The van der Waals surface area contributed by atoms with Crippen molar-refractivity contribution < 1.29 is 5.11 Å². The van der Waals surface area contributed by atoms with Gasteiger partial charge in [-0.05, 0) is 36.5 Å². The van der Waals surface area contributed by atoms with Crippen molar-refractivity contribution in [1.82, 2.24) is 4.37 Å². The molecule has 0 aliphatic heterocycles. The molecular formula is C13H18N2OS. The predicted octanol–water partition coefficient (Wildman–Crippen LogP) is 3.26. The van der Waals surface area contributed by atoms with Crippen LogP contribution < -0.4 is 5.32 Å². The molecule has 92 valence electrons. The molecule has 0 bridgehead atoms. The first-order chi connectivity index (χ1) is 8.18. The molecule has 2 aromatic rings. The van der Waals surface area contributed by atoms with Crippen LogP contribution in [0.2, 0.25) is 0 Å². The molecule has 0 radical (unpaired) electrons. The normalized spacial score (nSPS) is 11.9. The summed E-state index contributed by atoms with van der Waals surface area (Å²) in [5.41, 5.74) is 0.391. The predicted molar refractivity (Wildman–Crippen MR) is 73.6 cm³/mol. The number of nitrogens with zero attached hydrogens (tertiary/aromatic N) is 1. The van der Waals surface area contributed by atoms with Gasteiger partial charge in [0.15, 0.2) is 0 Å². The van der Waals surface area contributed by atoms with E-state index in [9.17, 15) is 5.11 Å². The Labute approximate surface area is 106 Å². The minimum Gasteiger partial charge on any atom is -0.388 e. The highest BCUT2D eigenvalue weighted by Crippen LogP contribution is 2.28. The van der Waals surface area contributed by atoms with Crippen molar-refractivity contribution in [2.45, 2.75) is 32.3 Å². The number of nitrogens with one attached hydrogen (secondary N) is 1. The van der Waals surface area contributed by atoms with Crippen molar-refractivity contribution >= 4 is 27.4 Å². The second-order valence-electron chi connectivity index (χ2n) is 4.31. The number of fused-ring (bicyclic) bond motifs is 1. The Bertz CT molecular complexity index is 491. The maximum atomic E-state index is 10.2. The van der Waals surface area contributed by atoms with Gasteiger partial charge in [-0.25, -0.2) is 0 Å². The van der Waals surface area contributed by atoms with Crippen molar-refractivity contribution in [3.8, 4) is 0 Å². The number of rotatable bonds is 5. The van der Waals surface area contributed by atoms with Gasteiger partial charge in [0, 0.05) is 11.9 Å². The van der Waals surface area contributed by atoms with E-state index >= 15 is 0 Å². The molecule has 1 aromatic carbocycles. The van der Waals surface area contributed by atoms with Gasteiger partial charge < -0.3 is 10.4 Å². The Morgan fingerprint density at radius 2 is 2.00 bits per heavy atom. The molecule has 0 atom stereocenters. The summed E-state index contributed by atoms with van der Waals surface area (Å²) in [5.74, 6) is 0. The summed E-state index contributed by atoms with van der Waals surface area (Å²) in [6.45, 7) is 4.60. The molecule has 2 N–H and O–H groups in total. The average molecular weight is 250 g/mol. The Morgan fingerprint density at radius 1 is 1.29 bits per heavy atom. The van der Waals surface area contributed by atoms with Crippen LogP contribution in [-0.4, -0.2) is 21.6 Å². The summed E-state index contributed by atoms with van der Waals surface area (Å²) in [7, 11) is 0. The molecule has 0 amide bonds. The fourth-order valence-electron chi connectivity index (χ4n) is 1.76. The van der Waals surface area contributed by atoms with Gasteiger partial charge in [-0.1, -0.05) is 26.0 Å². The number of hydrogen-bond acceptors (Lipinski definition) is 4. The lowest BCUT2D eigenvalue weighted by Gasteiger charge is -2.25. The van der Waals surface area contributed by atoms with Crippen LogP contribution in [0, 0.1) is 0 Å².